The van der Waals surface area contributed by atoms with Gasteiger partial charge in [-0.1, -0.05) is 18.2 Å². The van der Waals surface area contributed by atoms with Crippen LogP contribution in [0.1, 0.15) is 5.56 Å². The smallest absolute Gasteiger partial charge is 0.350 e. The van der Waals surface area contributed by atoms with Gasteiger partial charge in [-0.15, -0.1) is 11.8 Å². The molecule has 2 aromatic carbocycles. The fraction of sp³-hybridized carbons (Fsp3) is 0.393. The van der Waals surface area contributed by atoms with E-state index >= 15 is 4.39 Å². The van der Waals surface area contributed by atoms with Gasteiger partial charge < -0.3 is 14.5 Å². The number of aromatic nitrogens is 2. The Hall–Kier alpha value is -3.00. The average Bonchev–Trinajstić information content (AvgIpc) is 3.14. The van der Waals surface area contributed by atoms with E-state index in [1.54, 1.807) is 20.1 Å². The number of methoxy groups -OCH3 is 1. The van der Waals surface area contributed by atoms with Gasteiger partial charge in [0.1, 0.15) is 17.5 Å². The zero-order valence-corrected chi connectivity index (χ0v) is 25.2. The number of carbonyl (C=O) groups excluding carboxylic acids is 1. The Morgan fingerprint density at radius 1 is 1.19 bits per heavy atom. The van der Waals surface area contributed by atoms with Gasteiger partial charge in [-0.2, -0.15) is 4.98 Å². The molecule has 2 fully saturated rings. The van der Waals surface area contributed by atoms with Gasteiger partial charge in [0.05, 0.1) is 46.8 Å². The number of sulfone groups is 1. The Balaban J connectivity index is 1.61. The maximum absolute atomic E-state index is 15.3. The highest BCUT2D eigenvalue weighted by molar-refractivity contribution is 7.99. The molecule has 1 aromatic heterocycles. The number of nitrogens with zero attached hydrogens (tertiary/aromatic N) is 4. The quantitative estimate of drug-likeness (QED) is 0.317. The lowest BCUT2D eigenvalue weighted by Crippen LogP contribution is -2.61. The minimum Gasteiger partial charge on any atom is -0.379 e. The SMILES string of the molecule is C=CC(=O)N1CCN(c2nc(=O)n3c4c(c(-c5cc(Cl)c(F)cc5F)c(C)cc24)SC[C@@H](OC)C3)[C@@H]2CS(=O)(=O)C[C@@H]21. The van der Waals surface area contributed by atoms with Crippen molar-refractivity contribution in [3.8, 4) is 11.1 Å². The molecule has 0 unspecified atom stereocenters. The van der Waals surface area contributed by atoms with Crippen LogP contribution in [0.5, 0.6) is 0 Å². The summed E-state index contributed by atoms with van der Waals surface area (Å²) in [4.78, 5) is 34.7. The minimum absolute atomic E-state index is 0.0926. The second kappa shape index (κ2) is 10.6. The van der Waals surface area contributed by atoms with E-state index < -0.39 is 39.2 Å². The van der Waals surface area contributed by atoms with Crippen LogP contribution in [-0.4, -0.2) is 84.4 Å². The van der Waals surface area contributed by atoms with Crippen molar-refractivity contribution in [2.75, 3.05) is 42.4 Å². The highest BCUT2D eigenvalue weighted by atomic mass is 35.5. The van der Waals surface area contributed by atoms with Crippen molar-refractivity contribution in [2.24, 2.45) is 0 Å². The number of ether oxygens (including phenoxy) is 1. The summed E-state index contributed by atoms with van der Waals surface area (Å²) in [5.74, 6) is -1.69. The molecular formula is C28H27ClF2N4O5S2. The fourth-order valence-electron chi connectivity index (χ4n) is 6.28. The van der Waals surface area contributed by atoms with Gasteiger partial charge in [0.15, 0.2) is 9.84 Å². The molecule has 0 radical (unpaired) electrons. The van der Waals surface area contributed by atoms with Crippen LogP contribution in [-0.2, 0) is 25.9 Å². The molecule has 0 spiro atoms. The number of hydrogen-bond donors (Lipinski definition) is 0. The number of hydrogen-bond acceptors (Lipinski definition) is 8. The zero-order valence-electron chi connectivity index (χ0n) is 22.8. The number of benzene rings is 2. The molecule has 3 atom stereocenters. The number of fused-ring (bicyclic) bond motifs is 1. The summed E-state index contributed by atoms with van der Waals surface area (Å²) in [5, 5.41) is 0.343. The van der Waals surface area contributed by atoms with Gasteiger partial charge in [-0.05, 0) is 30.7 Å². The molecule has 3 aliphatic heterocycles. The monoisotopic (exact) mass is 636 g/mol. The number of thioether (sulfide) groups is 1. The number of carbonyl (C=O) groups is 1. The van der Waals surface area contributed by atoms with Crippen molar-refractivity contribution in [3.05, 3.63) is 63.6 Å². The summed E-state index contributed by atoms with van der Waals surface area (Å²) in [7, 11) is -1.94. The Bertz CT molecular complexity index is 1830. The molecule has 0 saturated carbocycles. The molecule has 6 rings (SSSR count). The first kappa shape index (κ1) is 29.1. The first-order valence-corrected chi connectivity index (χ1v) is 16.4. The van der Waals surface area contributed by atoms with E-state index in [1.165, 1.54) is 33.4 Å². The molecule has 1 amide bonds. The van der Waals surface area contributed by atoms with Crippen LogP contribution < -0.4 is 10.6 Å². The van der Waals surface area contributed by atoms with E-state index in [2.05, 4.69) is 11.6 Å². The van der Waals surface area contributed by atoms with Crippen LogP contribution in [0.3, 0.4) is 0 Å². The van der Waals surface area contributed by atoms with Crippen LogP contribution >= 0.6 is 23.4 Å². The third-order valence-corrected chi connectivity index (χ3v) is 11.4. The van der Waals surface area contributed by atoms with Gasteiger partial charge in [0.2, 0.25) is 5.91 Å². The summed E-state index contributed by atoms with van der Waals surface area (Å²) < 4.78 is 62.1. The third-order valence-electron chi connectivity index (χ3n) is 8.21. The summed E-state index contributed by atoms with van der Waals surface area (Å²) in [5.41, 5.74) is 1.12. The second-order valence-corrected chi connectivity index (χ2v) is 14.3. The molecule has 14 heteroatoms. The number of aryl methyl sites for hydroxylation is 1. The van der Waals surface area contributed by atoms with Crippen LogP contribution in [0.25, 0.3) is 22.0 Å². The van der Waals surface area contributed by atoms with Gasteiger partial charge in [0.25, 0.3) is 0 Å². The van der Waals surface area contributed by atoms with E-state index in [1.807, 2.05) is 4.90 Å². The second-order valence-electron chi connectivity index (χ2n) is 10.7. The standard InChI is InChI=1S/C28H27ClF2N4O5S2/c1-4-23(36)33-5-6-34(22-13-42(38,39)12-21(22)33)27-17-7-14(2)24(16-8-18(29)20(31)9-19(16)30)26-25(17)35(28(37)32-27)10-15(40-3)11-41-26/h4,7-9,15,21-22H,1,5-6,10-13H2,2-3H3/t15-,21-,22+/m0/s1. The number of amides is 1. The fourth-order valence-corrected chi connectivity index (χ4v) is 9.79. The van der Waals surface area contributed by atoms with Crippen molar-refractivity contribution < 1.29 is 26.7 Å². The summed E-state index contributed by atoms with van der Waals surface area (Å²) in [6, 6.07) is 2.51. The van der Waals surface area contributed by atoms with E-state index in [4.69, 9.17) is 16.3 Å². The maximum Gasteiger partial charge on any atom is 0.350 e. The maximum atomic E-state index is 15.3. The van der Waals surface area contributed by atoms with Crippen LogP contribution in [0.2, 0.25) is 5.02 Å². The number of piperazine rings is 1. The predicted molar refractivity (Wildman–Crippen MR) is 158 cm³/mol. The van der Waals surface area contributed by atoms with Gasteiger partial charge in [0, 0.05) is 53.4 Å². The molecule has 0 aliphatic carbocycles. The molecule has 222 valence electrons. The molecular weight excluding hydrogens is 610 g/mol. The Morgan fingerprint density at radius 3 is 2.64 bits per heavy atom. The molecule has 0 bridgehead atoms. The predicted octanol–water partition coefficient (Wildman–Crippen LogP) is 3.42. The van der Waals surface area contributed by atoms with E-state index in [9.17, 15) is 22.4 Å². The lowest BCUT2D eigenvalue weighted by Gasteiger charge is -2.44. The van der Waals surface area contributed by atoms with Gasteiger partial charge >= 0.3 is 5.69 Å². The van der Waals surface area contributed by atoms with E-state index in [0.29, 0.717) is 38.5 Å². The topological polar surface area (TPSA) is 102 Å². The molecule has 42 heavy (non-hydrogen) atoms. The van der Waals surface area contributed by atoms with Gasteiger partial charge in [-0.25, -0.2) is 22.0 Å². The van der Waals surface area contributed by atoms with Crippen molar-refractivity contribution in [2.45, 2.75) is 36.6 Å². The third kappa shape index (κ3) is 4.70. The zero-order chi connectivity index (χ0) is 30.1. The number of halogens is 3. The average molecular weight is 637 g/mol. The highest BCUT2D eigenvalue weighted by Crippen LogP contribution is 2.45. The largest absolute Gasteiger partial charge is 0.379 e. The van der Waals surface area contributed by atoms with Crippen molar-refractivity contribution in [3.63, 3.8) is 0 Å². The van der Waals surface area contributed by atoms with Crippen molar-refractivity contribution >= 4 is 55.8 Å². The van der Waals surface area contributed by atoms with E-state index in [0.717, 1.165) is 6.07 Å². The van der Waals surface area contributed by atoms with Crippen LogP contribution in [0.4, 0.5) is 14.6 Å². The normalized spacial score (nSPS) is 23.1. The summed E-state index contributed by atoms with van der Waals surface area (Å²) >= 11 is 7.46. The molecule has 9 nitrogen and oxygen atoms in total. The minimum atomic E-state index is -3.48. The molecule has 4 heterocycles. The van der Waals surface area contributed by atoms with Gasteiger partial charge in [-0.3, -0.25) is 9.36 Å². The summed E-state index contributed by atoms with van der Waals surface area (Å²) in [6.45, 7) is 5.99. The lowest BCUT2D eigenvalue weighted by molar-refractivity contribution is -0.128. The molecule has 3 aromatic rings. The van der Waals surface area contributed by atoms with E-state index in [-0.39, 0.29) is 53.7 Å². The number of rotatable bonds is 4. The van der Waals surface area contributed by atoms with Crippen LogP contribution in [0.15, 0.2) is 40.5 Å². The molecule has 3 aliphatic rings. The Morgan fingerprint density at radius 2 is 1.93 bits per heavy atom. The number of anilines is 1. The summed E-state index contributed by atoms with van der Waals surface area (Å²) in [6.07, 6.45) is 0.812. The first-order valence-electron chi connectivity index (χ1n) is 13.2. The highest BCUT2D eigenvalue weighted by Gasteiger charge is 2.48. The first-order chi connectivity index (χ1) is 19.9. The van der Waals surface area contributed by atoms with Crippen molar-refractivity contribution in [1.82, 2.24) is 14.5 Å². The lowest BCUT2D eigenvalue weighted by atomic mass is 9.96. The Labute approximate surface area is 250 Å². The van der Waals surface area contributed by atoms with Crippen molar-refractivity contribution in [1.29, 1.82) is 0 Å². The molecule has 2 saturated heterocycles. The van der Waals surface area contributed by atoms with Crippen LogP contribution in [0, 0.1) is 18.6 Å². The molecule has 0 N–H and O–H groups in total. The Kier molecular flexibility index (Phi) is 7.35.